The van der Waals surface area contributed by atoms with Crippen LogP contribution in [0.2, 0.25) is 0 Å². The molecule has 1 heterocycles. The van der Waals surface area contributed by atoms with Crippen LogP contribution in [0.1, 0.15) is 43.5 Å². The fraction of sp³-hybridized carbons (Fsp3) is 0.500. The Hall–Kier alpha value is -2.02. The Labute approximate surface area is 120 Å². The molecule has 0 saturated heterocycles. The van der Waals surface area contributed by atoms with E-state index in [2.05, 4.69) is 5.32 Å². The van der Waals surface area contributed by atoms with Crippen molar-refractivity contribution in [3.05, 3.63) is 29.1 Å². The number of amides is 1. The van der Waals surface area contributed by atoms with Crippen LogP contribution < -0.4 is 5.32 Å². The van der Waals surface area contributed by atoms with E-state index in [-0.39, 0.29) is 17.5 Å². The number of hydrogen-bond donors (Lipinski definition) is 1. The zero-order chi connectivity index (χ0) is 14.5. The number of aromatic nitrogens is 1. The van der Waals surface area contributed by atoms with Crippen LogP contribution in [0.25, 0.3) is 6.08 Å². The van der Waals surface area contributed by atoms with Gasteiger partial charge in [0.25, 0.3) is 5.91 Å². The summed E-state index contributed by atoms with van der Waals surface area (Å²) >= 11 is 0. The average Bonchev–Trinajstić information content (AvgIpc) is 2.77. The van der Waals surface area contributed by atoms with Crippen molar-refractivity contribution < 1.29 is 4.79 Å². The van der Waals surface area contributed by atoms with Gasteiger partial charge in [-0.15, -0.1) is 0 Å². The minimum absolute atomic E-state index is 0.178. The molecule has 0 radical (unpaired) electrons. The summed E-state index contributed by atoms with van der Waals surface area (Å²) in [6.07, 6.45) is 7.27. The Morgan fingerprint density at radius 1 is 1.40 bits per heavy atom. The van der Waals surface area contributed by atoms with E-state index in [1.165, 1.54) is 6.42 Å². The molecule has 1 saturated carbocycles. The summed E-state index contributed by atoms with van der Waals surface area (Å²) in [6.45, 7) is 1.99. The first-order chi connectivity index (χ1) is 9.61. The quantitative estimate of drug-likeness (QED) is 0.678. The van der Waals surface area contributed by atoms with Crippen molar-refractivity contribution in [2.45, 2.75) is 45.1 Å². The van der Waals surface area contributed by atoms with E-state index < -0.39 is 0 Å². The topological polar surface area (TPSA) is 57.8 Å². The van der Waals surface area contributed by atoms with E-state index in [1.54, 1.807) is 6.08 Å². The molecule has 1 aromatic heterocycles. The molecular weight excluding hydrogens is 250 g/mol. The molecule has 106 valence electrons. The highest BCUT2D eigenvalue weighted by atomic mass is 16.1. The Bertz CT molecular complexity index is 557. The molecule has 0 aliphatic heterocycles. The second-order valence-corrected chi connectivity index (χ2v) is 5.44. The zero-order valence-electron chi connectivity index (χ0n) is 12.1. The van der Waals surface area contributed by atoms with Crippen LogP contribution in [0.15, 0.2) is 17.7 Å². The fourth-order valence-electron chi connectivity index (χ4n) is 2.58. The van der Waals surface area contributed by atoms with Gasteiger partial charge in [-0.05, 0) is 38.0 Å². The summed E-state index contributed by atoms with van der Waals surface area (Å²) < 4.78 is 1.96. The molecule has 1 amide bonds. The van der Waals surface area contributed by atoms with Crippen LogP contribution >= 0.6 is 0 Å². The summed E-state index contributed by atoms with van der Waals surface area (Å²) in [5.74, 6) is -0.252. The lowest BCUT2D eigenvalue weighted by Gasteiger charge is -2.22. The molecule has 1 N–H and O–H groups in total. The van der Waals surface area contributed by atoms with Crippen LogP contribution in [0, 0.1) is 18.3 Å². The normalized spacial score (nSPS) is 16.8. The van der Waals surface area contributed by atoms with Gasteiger partial charge in [0, 0.05) is 24.5 Å². The van der Waals surface area contributed by atoms with Crippen molar-refractivity contribution in [2.75, 3.05) is 0 Å². The molecule has 20 heavy (non-hydrogen) atoms. The minimum Gasteiger partial charge on any atom is -0.349 e. The van der Waals surface area contributed by atoms with Gasteiger partial charge < -0.3 is 9.88 Å². The summed E-state index contributed by atoms with van der Waals surface area (Å²) in [4.78, 5) is 12.2. The van der Waals surface area contributed by atoms with Crippen molar-refractivity contribution in [2.24, 2.45) is 7.05 Å². The predicted molar refractivity (Wildman–Crippen MR) is 78.8 cm³/mol. The Morgan fingerprint density at radius 2 is 2.10 bits per heavy atom. The smallest absolute Gasteiger partial charge is 0.262 e. The lowest BCUT2D eigenvalue weighted by atomic mass is 9.95. The van der Waals surface area contributed by atoms with Gasteiger partial charge in [0.05, 0.1) is 0 Å². The number of aryl methyl sites for hydroxylation is 1. The molecule has 1 aromatic rings. The van der Waals surface area contributed by atoms with Gasteiger partial charge >= 0.3 is 0 Å². The van der Waals surface area contributed by atoms with Crippen molar-refractivity contribution >= 4 is 12.0 Å². The molecule has 2 rings (SSSR count). The Kier molecular flexibility index (Phi) is 4.62. The molecule has 0 bridgehead atoms. The minimum atomic E-state index is -0.252. The van der Waals surface area contributed by atoms with Gasteiger partial charge in [0.1, 0.15) is 11.6 Å². The molecule has 0 spiro atoms. The number of rotatable bonds is 3. The van der Waals surface area contributed by atoms with Crippen LogP contribution in [-0.4, -0.2) is 16.5 Å². The van der Waals surface area contributed by atoms with Crippen molar-refractivity contribution in [3.8, 4) is 6.07 Å². The lowest BCUT2D eigenvalue weighted by molar-refractivity contribution is -0.117. The number of nitrogens with one attached hydrogen (secondary N) is 1. The number of hydrogen-bond acceptors (Lipinski definition) is 2. The largest absolute Gasteiger partial charge is 0.349 e. The molecule has 4 heteroatoms. The van der Waals surface area contributed by atoms with E-state index in [1.807, 2.05) is 36.7 Å². The van der Waals surface area contributed by atoms with Gasteiger partial charge in [0.15, 0.2) is 0 Å². The Balaban J connectivity index is 2.09. The first kappa shape index (κ1) is 14.4. The van der Waals surface area contributed by atoms with E-state index in [4.69, 9.17) is 0 Å². The molecule has 4 nitrogen and oxygen atoms in total. The predicted octanol–water partition coefficient (Wildman–Crippen LogP) is 2.69. The summed E-state index contributed by atoms with van der Waals surface area (Å²) in [6, 6.07) is 6.13. The highest BCUT2D eigenvalue weighted by Crippen LogP contribution is 2.18. The van der Waals surface area contributed by atoms with Crippen molar-refractivity contribution in [1.29, 1.82) is 5.26 Å². The van der Waals surface area contributed by atoms with Crippen LogP contribution in [-0.2, 0) is 11.8 Å². The standard InChI is InChI=1S/C16H21N3O/c1-12-8-9-15(19(12)2)10-13(11-17)16(20)18-14-6-4-3-5-7-14/h8-10,14H,3-7H2,1-2H3,(H,18,20)/b13-10-. The van der Waals surface area contributed by atoms with Crippen molar-refractivity contribution in [3.63, 3.8) is 0 Å². The number of carbonyl (C=O) groups excluding carboxylic acids is 1. The maximum Gasteiger partial charge on any atom is 0.262 e. The van der Waals surface area contributed by atoms with E-state index >= 15 is 0 Å². The number of nitriles is 1. The molecule has 0 aromatic carbocycles. The first-order valence-corrected chi connectivity index (χ1v) is 7.17. The maximum absolute atomic E-state index is 12.2. The third-order valence-corrected chi connectivity index (χ3v) is 4.01. The van der Waals surface area contributed by atoms with Gasteiger partial charge in [-0.2, -0.15) is 5.26 Å². The van der Waals surface area contributed by atoms with Gasteiger partial charge in [0.2, 0.25) is 0 Å². The fourth-order valence-corrected chi connectivity index (χ4v) is 2.58. The third-order valence-electron chi connectivity index (χ3n) is 4.01. The van der Waals surface area contributed by atoms with Crippen molar-refractivity contribution in [1.82, 2.24) is 9.88 Å². The van der Waals surface area contributed by atoms with E-state index in [9.17, 15) is 10.1 Å². The highest BCUT2D eigenvalue weighted by Gasteiger charge is 2.18. The highest BCUT2D eigenvalue weighted by molar-refractivity contribution is 6.01. The molecule has 1 aliphatic rings. The Morgan fingerprint density at radius 3 is 2.65 bits per heavy atom. The second kappa shape index (κ2) is 6.42. The first-order valence-electron chi connectivity index (χ1n) is 7.17. The van der Waals surface area contributed by atoms with Gasteiger partial charge in [-0.25, -0.2) is 0 Å². The molecule has 1 aliphatic carbocycles. The molecule has 0 atom stereocenters. The number of carbonyl (C=O) groups is 1. The maximum atomic E-state index is 12.2. The lowest BCUT2D eigenvalue weighted by Crippen LogP contribution is -2.36. The summed E-state index contributed by atoms with van der Waals surface area (Å²) in [7, 11) is 1.93. The SMILES string of the molecule is Cc1ccc(/C=C(/C#N)C(=O)NC2CCCCC2)n1C. The monoisotopic (exact) mass is 271 g/mol. The zero-order valence-corrected chi connectivity index (χ0v) is 12.1. The van der Waals surface area contributed by atoms with Crippen LogP contribution in [0.5, 0.6) is 0 Å². The third kappa shape index (κ3) is 3.30. The van der Waals surface area contributed by atoms with E-state index in [0.29, 0.717) is 0 Å². The van der Waals surface area contributed by atoms with Crippen LogP contribution in [0.3, 0.4) is 0 Å². The average molecular weight is 271 g/mol. The molecular formula is C16H21N3O. The van der Waals surface area contributed by atoms with Gasteiger partial charge in [-0.1, -0.05) is 19.3 Å². The molecule has 1 fully saturated rings. The summed E-state index contributed by atoms with van der Waals surface area (Å²) in [5.41, 5.74) is 2.15. The van der Waals surface area contributed by atoms with E-state index in [0.717, 1.165) is 37.1 Å². The summed E-state index contributed by atoms with van der Waals surface area (Å²) in [5, 5.41) is 12.2. The van der Waals surface area contributed by atoms with Gasteiger partial charge in [-0.3, -0.25) is 4.79 Å². The molecule has 0 unspecified atom stereocenters. The second-order valence-electron chi connectivity index (χ2n) is 5.44. The van der Waals surface area contributed by atoms with Crippen LogP contribution in [0.4, 0.5) is 0 Å². The number of nitrogens with zero attached hydrogens (tertiary/aromatic N) is 2.